The molecule has 2 aromatic rings. The Bertz CT molecular complexity index is 717. The molecule has 0 radical (unpaired) electrons. The Kier molecular flexibility index (Phi) is 4.89. The van der Waals surface area contributed by atoms with Gasteiger partial charge in [0.1, 0.15) is 10.6 Å². The number of rotatable bonds is 6. The lowest BCUT2D eigenvalue weighted by Gasteiger charge is -2.10. The van der Waals surface area contributed by atoms with Crippen LogP contribution in [0.25, 0.3) is 0 Å². The molecule has 0 aliphatic carbocycles. The standard InChI is InChI=1S/C14H17N3O3S/c1-20-12-5-2-4-11(8-12)10-17-21(18,19)14-6-3-7-16-13(14)9-15/h2-8,17H,9-10,15H2,1H3. The molecule has 6 nitrogen and oxygen atoms in total. The van der Waals surface area contributed by atoms with Crippen LogP contribution in [-0.4, -0.2) is 20.5 Å². The van der Waals surface area contributed by atoms with Gasteiger partial charge in [-0.1, -0.05) is 12.1 Å². The molecule has 0 saturated heterocycles. The summed E-state index contributed by atoms with van der Waals surface area (Å²) >= 11 is 0. The maximum atomic E-state index is 12.3. The normalized spacial score (nSPS) is 11.3. The third-order valence-corrected chi connectivity index (χ3v) is 4.41. The predicted octanol–water partition coefficient (Wildman–Crippen LogP) is 1.03. The van der Waals surface area contributed by atoms with Gasteiger partial charge in [-0.15, -0.1) is 0 Å². The molecule has 1 aromatic carbocycles. The fourth-order valence-electron chi connectivity index (χ4n) is 1.86. The Morgan fingerprint density at radius 2 is 2.10 bits per heavy atom. The minimum absolute atomic E-state index is 0.0657. The van der Waals surface area contributed by atoms with Gasteiger partial charge in [-0.25, -0.2) is 13.1 Å². The van der Waals surface area contributed by atoms with Gasteiger partial charge in [-0.3, -0.25) is 4.98 Å². The number of nitrogens with zero attached hydrogens (tertiary/aromatic N) is 1. The molecule has 0 aliphatic heterocycles. The number of hydrogen-bond acceptors (Lipinski definition) is 5. The van der Waals surface area contributed by atoms with Gasteiger partial charge in [-0.05, 0) is 29.8 Å². The van der Waals surface area contributed by atoms with Gasteiger partial charge in [0.05, 0.1) is 12.8 Å². The minimum Gasteiger partial charge on any atom is -0.497 e. The van der Waals surface area contributed by atoms with Gasteiger partial charge in [0.2, 0.25) is 10.0 Å². The number of benzene rings is 1. The van der Waals surface area contributed by atoms with Crippen molar-refractivity contribution in [1.82, 2.24) is 9.71 Å². The molecule has 1 aromatic heterocycles. The first kappa shape index (κ1) is 15.4. The molecular weight excluding hydrogens is 290 g/mol. The average Bonchev–Trinajstić information content (AvgIpc) is 2.53. The van der Waals surface area contributed by atoms with Crippen LogP contribution < -0.4 is 15.2 Å². The second-order valence-electron chi connectivity index (χ2n) is 4.33. The number of aromatic nitrogens is 1. The maximum Gasteiger partial charge on any atom is 0.242 e. The van der Waals surface area contributed by atoms with Crippen LogP contribution in [0.15, 0.2) is 47.5 Å². The van der Waals surface area contributed by atoms with Crippen molar-refractivity contribution in [3.05, 3.63) is 53.9 Å². The molecule has 0 unspecified atom stereocenters. The zero-order valence-corrected chi connectivity index (χ0v) is 12.4. The van der Waals surface area contributed by atoms with E-state index in [9.17, 15) is 8.42 Å². The van der Waals surface area contributed by atoms with Crippen molar-refractivity contribution in [2.45, 2.75) is 18.0 Å². The molecule has 7 heteroatoms. The highest BCUT2D eigenvalue weighted by molar-refractivity contribution is 7.89. The van der Waals surface area contributed by atoms with Crippen LogP contribution in [0, 0.1) is 0 Å². The Balaban J connectivity index is 2.18. The third kappa shape index (κ3) is 3.78. The van der Waals surface area contributed by atoms with Gasteiger partial charge >= 0.3 is 0 Å². The molecule has 0 aliphatic rings. The van der Waals surface area contributed by atoms with Crippen LogP contribution in [-0.2, 0) is 23.1 Å². The van der Waals surface area contributed by atoms with Crippen molar-refractivity contribution < 1.29 is 13.2 Å². The number of ether oxygens (including phenoxy) is 1. The van der Waals surface area contributed by atoms with E-state index in [0.717, 1.165) is 5.56 Å². The lowest BCUT2D eigenvalue weighted by molar-refractivity contribution is 0.414. The molecule has 0 spiro atoms. The number of methoxy groups -OCH3 is 1. The molecule has 0 saturated carbocycles. The highest BCUT2D eigenvalue weighted by Crippen LogP contribution is 2.15. The largest absolute Gasteiger partial charge is 0.497 e. The molecule has 0 atom stereocenters. The second-order valence-corrected chi connectivity index (χ2v) is 6.06. The van der Waals surface area contributed by atoms with E-state index in [1.54, 1.807) is 31.4 Å². The summed E-state index contributed by atoms with van der Waals surface area (Å²) in [6.07, 6.45) is 1.52. The van der Waals surface area contributed by atoms with Crippen LogP contribution in [0.4, 0.5) is 0 Å². The summed E-state index contributed by atoms with van der Waals surface area (Å²) in [4.78, 5) is 4.09. The molecule has 0 bridgehead atoms. The maximum absolute atomic E-state index is 12.3. The Hall–Kier alpha value is -1.96. The fraction of sp³-hybridized carbons (Fsp3) is 0.214. The number of pyridine rings is 1. The van der Waals surface area contributed by atoms with E-state index in [-0.39, 0.29) is 18.0 Å². The van der Waals surface area contributed by atoms with Gasteiger partial charge in [0, 0.05) is 19.3 Å². The smallest absolute Gasteiger partial charge is 0.242 e. The Morgan fingerprint density at radius 1 is 1.29 bits per heavy atom. The summed E-state index contributed by atoms with van der Waals surface area (Å²) in [5.41, 5.74) is 6.67. The number of nitrogens with two attached hydrogens (primary N) is 1. The highest BCUT2D eigenvalue weighted by atomic mass is 32.2. The first-order valence-corrected chi connectivity index (χ1v) is 7.81. The van der Waals surface area contributed by atoms with E-state index < -0.39 is 10.0 Å². The summed E-state index contributed by atoms with van der Waals surface area (Å²) in [7, 11) is -2.09. The van der Waals surface area contributed by atoms with Crippen molar-refractivity contribution >= 4 is 10.0 Å². The Labute approximate surface area is 124 Å². The van der Waals surface area contributed by atoms with Crippen molar-refractivity contribution in [3.8, 4) is 5.75 Å². The average molecular weight is 307 g/mol. The van der Waals surface area contributed by atoms with Crippen LogP contribution in [0.2, 0.25) is 0 Å². The quantitative estimate of drug-likeness (QED) is 0.831. The molecule has 1 heterocycles. The molecule has 21 heavy (non-hydrogen) atoms. The van der Waals surface area contributed by atoms with Gasteiger partial charge in [0.25, 0.3) is 0 Å². The molecule has 3 N–H and O–H groups in total. The molecule has 2 rings (SSSR count). The first-order valence-electron chi connectivity index (χ1n) is 6.33. The van der Waals surface area contributed by atoms with Gasteiger partial charge in [0.15, 0.2) is 0 Å². The Morgan fingerprint density at radius 3 is 2.81 bits per heavy atom. The number of sulfonamides is 1. The third-order valence-electron chi connectivity index (χ3n) is 2.93. The van der Waals surface area contributed by atoms with Gasteiger partial charge in [-0.2, -0.15) is 0 Å². The number of nitrogens with one attached hydrogen (secondary N) is 1. The summed E-state index contributed by atoms with van der Waals surface area (Å²) < 4.78 is 32.2. The highest BCUT2D eigenvalue weighted by Gasteiger charge is 2.18. The van der Waals surface area contributed by atoms with Gasteiger partial charge < -0.3 is 10.5 Å². The SMILES string of the molecule is COc1cccc(CNS(=O)(=O)c2cccnc2CN)c1. The van der Waals surface area contributed by atoms with Crippen LogP contribution in [0.5, 0.6) is 5.75 Å². The molecule has 0 fully saturated rings. The number of hydrogen-bond donors (Lipinski definition) is 2. The molecule has 0 amide bonds. The van der Waals surface area contributed by atoms with E-state index >= 15 is 0 Å². The fourth-order valence-corrected chi connectivity index (χ4v) is 3.08. The lowest BCUT2D eigenvalue weighted by Crippen LogP contribution is -2.25. The second kappa shape index (κ2) is 6.66. The van der Waals surface area contributed by atoms with E-state index in [4.69, 9.17) is 10.5 Å². The van der Waals surface area contributed by atoms with E-state index in [1.165, 1.54) is 12.3 Å². The zero-order chi connectivity index (χ0) is 15.3. The van der Waals surface area contributed by atoms with Crippen molar-refractivity contribution in [3.63, 3.8) is 0 Å². The monoisotopic (exact) mass is 307 g/mol. The minimum atomic E-state index is -3.65. The predicted molar refractivity (Wildman–Crippen MR) is 79.1 cm³/mol. The van der Waals surface area contributed by atoms with E-state index in [1.807, 2.05) is 6.07 Å². The summed E-state index contributed by atoms with van der Waals surface area (Å²) in [6.45, 7) is 0.231. The topological polar surface area (TPSA) is 94.3 Å². The van der Waals surface area contributed by atoms with Crippen LogP contribution >= 0.6 is 0 Å². The molecule has 112 valence electrons. The lowest BCUT2D eigenvalue weighted by atomic mass is 10.2. The zero-order valence-electron chi connectivity index (χ0n) is 11.6. The van der Waals surface area contributed by atoms with Crippen molar-refractivity contribution in [1.29, 1.82) is 0 Å². The van der Waals surface area contributed by atoms with E-state index in [2.05, 4.69) is 9.71 Å². The molecular formula is C14H17N3O3S. The van der Waals surface area contributed by atoms with Crippen molar-refractivity contribution in [2.24, 2.45) is 5.73 Å². The summed E-state index contributed by atoms with van der Waals surface area (Å²) in [6, 6.07) is 10.2. The first-order chi connectivity index (χ1) is 10.1. The summed E-state index contributed by atoms with van der Waals surface area (Å²) in [5, 5.41) is 0. The van der Waals surface area contributed by atoms with Crippen LogP contribution in [0.1, 0.15) is 11.3 Å². The van der Waals surface area contributed by atoms with E-state index in [0.29, 0.717) is 11.4 Å². The van der Waals surface area contributed by atoms with Crippen molar-refractivity contribution in [2.75, 3.05) is 7.11 Å². The summed E-state index contributed by atoms with van der Waals surface area (Å²) in [5.74, 6) is 0.677. The van der Waals surface area contributed by atoms with Crippen LogP contribution in [0.3, 0.4) is 0 Å².